The molecule has 0 aromatic heterocycles. The van der Waals surface area contributed by atoms with Crippen molar-refractivity contribution in [3.8, 4) is 0 Å². The maximum Gasteiger partial charge on any atom is 0.0476 e. The fraction of sp³-hybridized carbons (Fsp3) is 1.00. The second-order valence-electron chi connectivity index (χ2n) is 2.70. The van der Waals surface area contributed by atoms with E-state index in [0.717, 1.165) is 12.3 Å². The Hall–Kier alpha value is 0.290. The third kappa shape index (κ3) is 0.862. The molecule has 48 valence electrons. The van der Waals surface area contributed by atoms with E-state index in [-0.39, 0.29) is 4.87 Å². The van der Waals surface area contributed by atoms with Crippen molar-refractivity contribution < 1.29 is 0 Å². The summed E-state index contributed by atoms with van der Waals surface area (Å²) in [5.41, 5.74) is 0. The highest BCUT2D eigenvalue weighted by molar-refractivity contribution is 6.26. The van der Waals surface area contributed by atoms with Gasteiger partial charge in [-0.15, -0.1) is 11.6 Å². The quantitative estimate of drug-likeness (QED) is 0.507. The van der Waals surface area contributed by atoms with E-state index in [1.54, 1.807) is 0 Å². The van der Waals surface area contributed by atoms with Gasteiger partial charge in [0.05, 0.1) is 0 Å². The van der Waals surface area contributed by atoms with Gasteiger partial charge in [0.15, 0.2) is 0 Å². The average Bonchev–Trinajstić information content (AvgIpc) is 2.44. The van der Waals surface area contributed by atoms with Gasteiger partial charge in [-0.3, -0.25) is 0 Å². The molecule has 0 aliphatic heterocycles. The molecule has 1 fully saturated rings. The van der Waals surface area contributed by atoms with Crippen molar-refractivity contribution in [1.82, 2.24) is 0 Å². The Balaban J connectivity index is 2.31. The third-order valence-corrected chi connectivity index (χ3v) is 2.97. The molecule has 1 rings (SSSR count). The van der Waals surface area contributed by atoms with Gasteiger partial charge in [-0.2, -0.15) is 0 Å². The molecule has 0 saturated heterocycles. The Morgan fingerprint density at radius 1 is 1.62 bits per heavy atom. The lowest BCUT2D eigenvalue weighted by molar-refractivity contribution is 0.691. The van der Waals surface area contributed by atoms with Crippen LogP contribution < -0.4 is 0 Å². The van der Waals surface area contributed by atoms with Crippen LogP contribution in [0.3, 0.4) is 0 Å². The SMILES string of the molecule is CCC1C[C@@]1(Cl)CC. The zero-order valence-electron chi connectivity index (χ0n) is 5.58. The van der Waals surface area contributed by atoms with Gasteiger partial charge in [-0.1, -0.05) is 20.3 Å². The Bertz CT molecular complexity index is 90.4. The first kappa shape index (κ1) is 6.41. The first-order chi connectivity index (χ1) is 3.73. The van der Waals surface area contributed by atoms with Crippen molar-refractivity contribution in [2.24, 2.45) is 5.92 Å². The lowest BCUT2D eigenvalue weighted by Gasteiger charge is -2.00. The zero-order valence-corrected chi connectivity index (χ0v) is 6.33. The smallest absolute Gasteiger partial charge is 0.0476 e. The molecule has 2 atom stereocenters. The number of hydrogen-bond donors (Lipinski definition) is 0. The van der Waals surface area contributed by atoms with Crippen molar-refractivity contribution in [3.63, 3.8) is 0 Å². The molecular formula is C7H13Cl. The number of halogens is 1. The Morgan fingerprint density at radius 2 is 2.25 bits per heavy atom. The van der Waals surface area contributed by atoms with Crippen molar-refractivity contribution in [1.29, 1.82) is 0 Å². The van der Waals surface area contributed by atoms with Crippen molar-refractivity contribution in [3.05, 3.63) is 0 Å². The Kier molecular flexibility index (Phi) is 1.53. The fourth-order valence-corrected chi connectivity index (χ4v) is 1.63. The molecule has 1 unspecified atom stereocenters. The maximum absolute atomic E-state index is 6.09. The highest BCUT2D eigenvalue weighted by Crippen LogP contribution is 2.53. The van der Waals surface area contributed by atoms with E-state index in [4.69, 9.17) is 11.6 Å². The predicted molar refractivity (Wildman–Crippen MR) is 37.3 cm³/mol. The summed E-state index contributed by atoms with van der Waals surface area (Å²) >= 11 is 6.09. The summed E-state index contributed by atoms with van der Waals surface area (Å²) in [4.78, 5) is 0.231. The van der Waals surface area contributed by atoms with E-state index < -0.39 is 0 Å². The molecular weight excluding hydrogens is 120 g/mol. The summed E-state index contributed by atoms with van der Waals surface area (Å²) < 4.78 is 0. The zero-order chi connectivity index (χ0) is 6.20. The van der Waals surface area contributed by atoms with Crippen LogP contribution in [0.1, 0.15) is 33.1 Å². The molecule has 1 aliphatic rings. The summed E-state index contributed by atoms with van der Waals surface area (Å²) in [7, 11) is 0. The molecule has 0 radical (unpaired) electrons. The van der Waals surface area contributed by atoms with Crippen LogP contribution in [0, 0.1) is 5.92 Å². The van der Waals surface area contributed by atoms with Crippen molar-refractivity contribution >= 4 is 11.6 Å². The minimum Gasteiger partial charge on any atom is -0.119 e. The minimum absolute atomic E-state index is 0.231. The van der Waals surface area contributed by atoms with E-state index in [1.165, 1.54) is 12.8 Å². The molecule has 1 heteroatoms. The summed E-state index contributed by atoms with van der Waals surface area (Å²) in [6.45, 7) is 4.38. The molecule has 0 amide bonds. The van der Waals surface area contributed by atoms with Gasteiger partial charge in [0.1, 0.15) is 0 Å². The van der Waals surface area contributed by atoms with E-state index in [0.29, 0.717) is 0 Å². The fourth-order valence-electron chi connectivity index (χ4n) is 1.29. The topological polar surface area (TPSA) is 0 Å². The molecule has 0 N–H and O–H groups in total. The number of alkyl halides is 1. The van der Waals surface area contributed by atoms with Gasteiger partial charge in [0, 0.05) is 4.87 Å². The van der Waals surface area contributed by atoms with Crippen LogP contribution in [-0.4, -0.2) is 4.87 Å². The lowest BCUT2D eigenvalue weighted by atomic mass is 10.2. The van der Waals surface area contributed by atoms with Crippen LogP contribution in [0.2, 0.25) is 0 Å². The highest BCUT2D eigenvalue weighted by atomic mass is 35.5. The third-order valence-electron chi connectivity index (χ3n) is 2.24. The summed E-state index contributed by atoms with van der Waals surface area (Å²) in [6.07, 6.45) is 3.66. The molecule has 0 nitrogen and oxygen atoms in total. The van der Waals surface area contributed by atoms with Gasteiger partial charge in [0.2, 0.25) is 0 Å². The minimum atomic E-state index is 0.231. The van der Waals surface area contributed by atoms with E-state index in [1.807, 2.05) is 0 Å². The Morgan fingerprint density at radius 3 is 2.38 bits per heavy atom. The lowest BCUT2D eigenvalue weighted by Crippen LogP contribution is -1.97. The summed E-state index contributed by atoms with van der Waals surface area (Å²) in [5, 5.41) is 0. The molecule has 0 aromatic rings. The molecule has 0 bridgehead atoms. The van der Waals surface area contributed by atoms with Crippen molar-refractivity contribution in [2.75, 3.05) is 0 Å². The van der Waals surface area contributed by atoms with Crippen LogP contribution >= 0.6 is 11.6 Å². The number of rotatable bonds is 2. The van der Waals surface area contributed by atoms with Crippen LogP contribution in [0.25, 0.3) is 0 Å². The summed E-state index contributed by atoms with van der Waals surface area (Å²) in [5.74, 6) is 0.828. The normalized spacial score (nSPS) is 44.6. The van der Waals surface area contributed by atoms with Crippen LogP contribution in [0.4, 0.5) is 0 Å². The second kappa shape index (κ2) is 1.91. The largest absolute Gasteiger partial charge is 0.119 e. The molecule has 0 heterocycles. The van der Waals surface area contributed by atoms with Crippen LogP contribution in [0.15, 0.2) is 0 Å². The van der Waals surface area contributed by atoms with Crippen LogP contribution in [0.5, 0.6) is 0 Å². The van der Waals surface area contributed by atoms with Crippen molar-refractivity contribution in [2.45, 2.75) is 38.0 Å². The highest BCUT2D eigenvalue weighted by Gasteiger charge is 2.49. The summed E-state index contributed by atoms with van der Waals surface area (Å²) in [6, 6.07) is 0. The molecule has 0 spiro atoms. The second-order valence-corrected chi connectivity index (χ2v) is 3.45. The molecule has 1 aliphatic carbocycles. The molecule has 0 aromatic carbocycles. The molecule has 1 saturated carbocycles. The monoisotopic (exact) mass is 132 g/mol. The first-order valence-electron chi connectivity index (χ1n) is 3.42. The van der Waals surface area contributed by atoms with E-state index >= 15 is 0 Å². The molecule has 8 heavy (non-hydrogen) atoms. The van der Waals surface area contributed by atoms with Gasteiger partial charge in [0.25, 0.3) is 0 Å². The maximum atomic E-state index is 6.09. The van der Waals surface area contributed by atoms with E-state index in [9.17, 15) is 0 Å². The van der Waals surface area contributed by atoms with E-state index in [2.05, 4.69) is 13.8 Å². The first-order valence-corrected chi connectivity index (χ1v) is 3.79. The average molecular weight is 133 g/mol. The van der Waals surface area contributed by atoms with Crippen LogP contribution in [-0.2, 0) is 0 Å². The standard InChI is InChI=1S/C7H13Cl/c1-3-6-5-7(6,8)4-2/h6H,3-5H2,1-2H3/t6?,7-/m0/s1. The Labute approximate surface area is 56.2 Å². The van der Waals surface area contributed by atoms with Gasteiger partial charge in [-0.05, 0) is 18.8 Å². The predicted octanol–water partition coefficient (Wildman–Crippen LogP) is 2.80. The van der Waals surface area contributed by atoms with Gasteiger partial charge < -0.3 is 0 Å². The number of hydrogen-bond acceptors (Lipinski definition) is 0. The van der Waals surface area contributed by atoms with Gasteiger partial charge >= 0.3 is 0 Å². The van der Waals surface area contributed by atoms with Gasteiger partial charge in [-0.25, -0.2) is 0 Å².